The standard InChI is InChI=1S/C16H22N4O4/c17-15(21)9-20-5-3-12(4-6-20)19-16(22)18-8-11-1-2-13-14(7-11)24-10-23-13/h1-2,7,12H,3-6,8-10H2,(H2,17,21)(H2,18,19,22). The zero-order valence-electron chi connectivity index (χ0n) is 13.4. The number of rotatable bonds is 5. The number of carbonyl (C=O) groups excluding carboxylic acids is 2. The lowest BCUT2D eigenvalue weighted by Gasteiger charge is -2.31. The highest BCUT2D eigenvalue weighted by Crippen LogP contribution is 2.32. The lowest BCUT2D eigenvalue weighted by atomic mass is 10.1. The molecule has 130 valence electrons. The molecule has 8 heteroatoms. The Balaban J connectivity index is 1.39. The minimum atomic E-state index is -0.317. The summed E-state index contributed by atoms with van der Waals surface area (Å²) in [6.45, 7) is 2.46. The largest absolute Gasteiger partial charge is 0.454 e. The Morgan fingerprint density at radius 2 is 1.96 bits per heavy atom. The number of nitrogens with one attached hydrogen (secondary N) is 2. The van der Waals surface area contributed by atoms with Crippen LogP contribution in [-0.2, 0) is 11.3 Å². The number of urea groups is 1. The van der Waals surface area contributed by atoms with E-state index < -0.39 is 0 Å². The third kappa shape index (κ3) is 4.29. The van der Waals surface area contributed by atoms with Gasteiger partial charge in [-0.05, 0) is 30.5 Å². The number of piperidine rings is 1. The number of benzene rings is 1. The fourth-order valence-electron chi connectivity index (χ4n) is 2.93. The molecule has 1 aromatic carbocycles. The molecule has 0 unspecified atom stereocenters. The van der Waals surface area contributed by atoms with Gasteiger partial charge in [-0.3, -0.25) is 9.69 Å². The van der Waals surface area contributed by atoms with Crippen molar-refractivity contribution in [3.63, 3.8) is 0 Å². The van der Waals surface area contributed by atoms with Crippen molar-refractivity contribution >= 4 is 11.9 Å². The number of hydrogen-bond acceptors (Lipinski definition) is 5. The first-order valence-corrected chi connectivity index (χ1v) is 8.04. The number of hydrogen-bond donors (Lipinski definition) is 3. The van der Waals surface area contributed by atoms with E-state index in [0.29, 0.717) is 12.3 Å². The van der Waals surface area contributed by atoms with Crippen molar-refractivity contribution < 1.29 is 19.1 Å². The van der Waals surface area contributed by atoms with Crippen molar-refractivity contribution in [3.05, 3.63) is 23.8 Å². The van der Waals surface area contributed by atoms with Crippen molar-refractivity contribution in [1.82, 2.24) is 15.5 Å². The van der Waals surface area contributed by atoms with Crippen molar-refractivity contribution in [1.29, 1.82) is 0 Å². The topological polar surface area (TPSA) is 106 Å². The summed E-state index contributed by atoms with van der Waals surface area (Å²) in [5, 5.41) is 5.81. The van der Waals surface area contributed by atoms with Crippen LogP contribution in [0.3, 0.4) is 0 Å². The Morgan fingerprint density at radius 3 is 2.71 bits per heavy atom. The van der Waals surface area contributed by atoms with Gasteiger partial charge in [-0.1, -0.05) is 6.07 Å². The molecule has 0 aromatic heterocycles. The predicted octanol–water partition coefficient (Wildman–Crippen LogP) is 0.164. The highest BCUT2D eigenvalue weighted by molar-refractivity contribution is 5.76. The van der Waals surface area contributed by atoms with Gasteiger partial charge in [-0.15, -0.1) is 0 Å². The van der Waals surface area contributed by atoms with Crippen LogP contribution < -0.4 is 25.8 Å². The van der Waals surface area contributed by atoms with Crippen LogP contribution in [0, 0.1) is 0 Å². The van der Waals surface area contributed by atoms with Crippen LogP contribution in [-0.4, -0.2) is 49.3 Å². The Kier molecular flexibility index (Phi) is 5.05. The number of nitrogens with two attached hydrogens (primary N) is 1. The molecule has 2 aliphatic rings. The molecule has 8 nitrogen and oxygen atoms in total. The third-order valence-electron chi connectivity index (χ3n) is 4.19. The molecule has 3 rings (SSSR count). The molecule has 0 atom stereocenters. The molecule has 2 heterocycles. The monoisotopic (exact) mass is 334 g/mol. The summed E-state index contributed by atoms with van der Waals surface area (Å²) < 4.78 is 10.6. The van der Waals surface area contributed by atoms with Crippen LogP contribution in [0.1, 0.15) is 18.4 Å². The van der Waals surface area contributed by atoms with E-state index in [0.717, 1.165) is 37.2 Å². The van der Waals surface area contributed by atoms with Gasteiger partial charge in [0.1, 0.15) is 0 Å². The lowest BCUT2D eigenvalue weighted by Crippen LogP contribution is -2.49. The van der Waals surface area contributed by atoms with Crippen molar-refractivity contribution in [2.24, 2.45) is 5.73 Å². The SMILES string of the molecule is NC(=O)CN1CCC(NC(=O)NCc2ccc3c(c2)OCO3)CC1. The smallest absolute Gasteiger partial charge is 0.315 e. The number of nitrogens with zero attached hydrogens (tertiary/aromatic N) is 1. The molecule has 3 amide bonds. The van der Waals surface area contributed by atoms with E-state index in [1.807, 2.05) is 23.1 Å². The third-order valence-corrected chi connectivity index (χ3v) is 4.19. The van der Waals surface area contributed by atoms with Gasteiger partial charge in [0.25, 0.3) is 0 Å². The van der Waals surface area contributed by atoms with Gasteiger partial charge in [0.05, 0.1) is 6.54 Å². The second-order valence-corrected chi connectivity index (χ2v) is 6.03. The number of likely N-dealkylation sites (tertiary alicyclic amines) is 1. The van der Waals surface area contributed by atoms with Gasteiger partial charge in [0.15, 0.2) is 11.5 Å². The number of carbonyl (C=O) groups is 2. The molecule has 1 fully saturated rings. The number of fused-ring (bicyclic) bond motifs is 1. The van der Waals surface area contributed by atoms with Crippen LogP contribution in [0.2, 0.25) is 0 Å². The summed E-state index contributed by atoms with van der Waals surface area (Å²) in [5.41, 5.74) is 6.14. The first kappa shape index (κ1) is 16.4. The summed E-state index contributed by atoms with van der Waals surface area (Å²) in [6.07, 6.45) is 1.62. The Morgan fingerprint density at radius 1 is 1.21 bits per heavy atom. The minimum absolute atomic E-state index is 0.117. The lowest BCUT2D eigenvalue weighted by molar-refractivity contribution is -0.119. The van der Waals surface area contributed by atoms with Crippen LogP contribution in [0.5, 0.6) is 11.5 Å². The fraction of sp³-hybridized carbons (Fsp3) is 0.500. The number of amides is 3. The van der Waals surface area contributed by atoms with E-state index in [9.17, 15) is 9.59 Å². The minimum Gasteiger partial charge on any atom is -0.454 e. The highest BCUT2D eigenvalue weighted by atomic mass is 16.7. The molecule has 0 radical (unpaired) electrons. The first-order chi connectivity index (χ1) is 11.6. The molecule has 4 N–H and O–H groups in total. The van der Waals surface area contributed by atoms with Crippen molar-refractivity contribution in [2.75, 3.05) is 26.4 Å². The molecule has 1 aromatic rings. The number of ether oxygens (including phenoxy) is 2. The van der Waals surface area contributed by atoms with Crippen LogP contribution in [0.15, 0.2) is 18.2 Å². The quantitative estimate of drug-likeness (QED) is 0.711. The maximum atomic E-state index is 12.0. The molecular weight excluding hydrogens is 312 g/mol. The van der Waals surface area contributed by atoms with E-state index in [1.165, 1.54) is 0 Å². The second kappa shape index (κ2) is 7.39. The summed E-state index contributed by atoms with van der Waals surface area (Å²) in [6, 6.07) is 5.53. The molecule has 0 bridgehead atoms. The molecular formula is C16H22N4O4. The maximum Gasteiger partial charge on any atom is 0.315 e. The van der Waals surface area contributed by atoms with Crippen molar-refractivity contribution in [2.45, 2.75) is 25.4 Å². The summed E-state index contributed by atoms with van der Waals surface area (Å²) in [7, 11) is 0. The van der Waals surface area contributed by atoms with Gasteiger partial charge in [-0.2, -0.15) is 0 Å². The van der Waals surface area contributed by atoms with E-state index >= 15 is 0 Å². The predicted molar refractivity (Wildman–Crippen MR) is 86.6 cm³/mol. The second-order valence-electron chi connectivity index (χ2n) is 6.03. The zero-order chi connectivity index (χ0) is 16.9. The Bertz CT molecular complexity index is 614. The van der Waals surface area contributed by atoms with Gasteiger partial charge in [0, 0.05) is 25.7 Å². The highest BCUT2D eigenvalue weighted by Gasteiger charge is 2.21. The first-order valence-electron chi connectivity index (χ1n) is 8.04. The zero-order valence-corrected chi connectivity index (χ0v) is 13.4. The van der Waals surface area contributed by atoms with Gasteiger partial charge >= 0.3 is 6.03 Å². The van der Waals surface area contributed by atoms with Gasteiger partial charge in [0.2, 0.25) is 12.7 Å². The average molecular weight is 334 g/mol. The molecule has 1 saturated heterocycles. The Hall–Kier alpha value is -2.48. The van der Waals surface area contributed by atoms with Crippen LogP contribution >= 0.6 is 0 Å². The molecule has 2 aliphatic heterocycles. The maximum absolute atomic E-state index is 12.0. The fourth-order valence-corrected chi connectivity index (χ4v) is 2.93. The van der Waals surface area contributed by atoms with Gasteiger partial charge in [-0.25, -0.2) is 4.79 Å². The number of primary amides is 1. The summed E-state index contributed by atoms with van der Waals surface area (Å²) >= 11 is 0. The van der Waals surface area contributed by atoms with E-state index in [1.54, 1.807) is 0 Å². The van der Waals surface area contributed by atoms with E-state index in [2.05, 4.69) is 10.6 Å². The molecule has 24 heavy (non-hydrogen) atoms. The summed E-state index contributed by atoms with van der Waals surface area (Å²) in [4.78, 5) is 24.9. The van der Waals surface area contributed by atoms with E-state index in [4.69, 9.17) is 15.2 Å². The summed E-state index contributed by atoms with van der Waals surface area (Å²) in [5.74, 6) is 1.12. The molecule has 0 saturated carbocycles. The average Bonchev–Trinajstić information content (AvgIpc) is 3.02. The van der Waals surface area contributed by atoms with Crippen LogP contribution in [0.4, 0.5) is 4.79 Å². The molecule has 0 aliphatic carbocycles. The van der Waals surface area contributed by atoms with E-state index in [-0.39, 0.29) is 31.3 Å². The Labute approximate surface area is 140 Å². The van der Waals surface area contributed by atoms with Crippen LogP contribution in [0.25, 0.3) is 0 Å². The normalized spacial score (nSPS) is 17.5. The van der Waals surface area contributed by atoms with Gasteiger partial charge < -0.3 is 25.8 Å². The molecule has 0 spiro atoms. The van der Waals surface area contributed by atoms with Crippen molar-refractivity contribution in [3.8, 4) is 11.5 Å².